The summed E-state index contributed by atoms with van der Waals surface area (Å²) in [6.45, 7) is 12.6. The Balaban J connectivity index is 1.62. The molecular formula is C42H48N2. The molecule has 0 bridgehead atoms. The van der Waals surface area contributed by atoms with E-state index >= 15 is 0 Å². The van der Waals surface area contributed by atoms with E-state index in [1.165, 1.54) is 22.3 Å². The van der Waals surface area contributed by atoms with Crippen LogP contribution in [0.4, 0.5) is 0 Å². The molecule has 4 rings (SSSR count). The van der Waals surface area contributed by atoms with Crippen molar-refractivity contribution in [2.24, 2.45) is 11.8 Å². The SMILES string of the molecule is CC(C)CC(C#CC#CC(CC(C)C)N(Cc1ccccc1)Cc1ccccc1)N(Cc1ccccc1)Cc1ccccc1. The Labute approximate surface area is 267 Å². The molecule has 2 atom stereocenters. The van der Waals surface area contributed by atoms with E-state index in [1.807, 2.05) is 0 Å². The monoisotopic (exact) mass is 580 g/mol. The summed E-state index contributed by atoms with van der Waals surface area (Å²) < 4.78 is 0. The topological polar surface area (TPSA) is 6.48 Å². The van der Waals surface area contributed by atoms with E-state index in [2.05, 4.69) is 183 Å². The Kier molecular flexibility index (Phi) is 13.4. The first kappa shape index (κ1) is 32.8. The normalized spacial score (nSPS) is 12.5. The van der Waals surface area contributed by atoms with E-state index in [-0.39, 0.29) is 12.1 Å². The predicted octanol–water partition coefficient (Wildman–Crippen LogP) is 9.23. The second-order valence-corrected chi connectivity index (χ2v) is 12.6. The Bertz CT molecular complexity index is 1270. The quantitative estimate of drug-likeness (QED) is 0.137. The molecule has 226 valence electrons. The van der Waals surface area contributed by atoms with Crippen molar-refractivity contribution in [2.45, 2.75) is 78.8 Å². The molecule has 0 saturated heterocycles. The summed E-state index contributed by atoms with van der Waals surface area (Å²) in [5.74, 6) is 15.0. The molecule has 0 N–H and O–H groups in total. The van der Waals surface area contributed by atoms with Crippen molar-refractivity contribution in [1.29, 1.82) is 0 Å². The van der Waals surface area contributed by atoms with Crippen LogP contribution in [0.1, 0.15) is 62.8 Å². The summed E-state index contributed by atoms with van der Waals surface area (Å²) in [4.78, 5) is 5.03. The minimum Gasteiger partial charge on any atom is -0.281 e. The van der Waals surface area contributed by atoms with E-state index in [9.17, 15) is 0 Å². The molecule has 0 heterocycles. The smallest absolute Gasteiger partial charge is 0.0733 e. The maximum atomic E-state index is 3.62. The first-order valence-electron chi connectivity index (χ1n) is 16.1. The second-order valence-electron chi connectivity index (χ2n) is 12.6. The Morgan fingerprint density at radius 1 is 0.409 bits per heavy atom. The molecule has 2 nitrogen and oxygen atoms in total. The minimum absolute atomic E-state index is 0.109. The van der Waals surface area contributed by atoms with Gasteiger partial charge in [-0.1, -0.05) is 161 Å². The summed E-state index contributed by atoms with van der Waals surface area (Å²) >= 11 is 0. The zero-order valence-corrected chi connectivity index (χ0v) is 27.0. The van der Waals surface area contributed by atoms with Gasteiger partial charge in [-0.15, -0.1) is 0 Å². The molecule has 0 aliphatic carbocycles. The van der Waals surface area contributed by atoms with Crippen molar-refractivity contribution in [3.63, 3.8) is 0 Å². The third-order valence-corrected chi connectivity index (χ3v) is 7.72. The molecule has 2 heteroatoms. The van der Waals surface area contributed by atoms with E-state index < -0.39 is 0 Å². The maximum Gasteiger partial charge on any atom is 0.0733 e. The van der Waals surface area contributed by atoms with Gasteiger partial charge in [0.25, 0.3) is 0 Å². The zero-order chi connectivity index (χ0) is 31.0. The van der Waals surface area contributed by atoms with Crippen LogP contribution < -0.4 is 0 Å². The lowest BCUT2D eigenvalue weighted by molar-refractivity contribution is 0.195. The summed E-state index contributed by atoms with van der Waals surface area (Å²) in [5, 5.41) is 0. The number of nitrogens with zero attached hydrogens (tertiary/aromatic N) is 2. The average Bonchev–Trinajstić information content (AvgIpc) is 3.03. The fourth-order valence-corrected chi connectivity index (χ4v) is 5.55. The fourth-order valence-electron chi connectivity index (χ4n) is 5.55. The molecule has 0 amide bonds. The minimum atomic E-state index is 0.109. The highest BCUT2D eigenvalue weighted by molar-refractivity contribution is 5.31. The third-order valence-electron chi connectivity index (χ3n) is 7.72. The van der Waals surface area contributed by atoms with Crippen molar-refractivity contribution in [3.05, 3.63) is 144 Å². The van der Waals surface area contributed by atoms with Gasteiger partial charge in [-0.2, -0.15) is 0 Å². The van der Waals surface area contributed by atoms with Gasteiger partial charge < -0.3 is 0 Å². The van der Waals surface area contributed by atoms with E-state index in [4.69, 9.17) is 0 Å². The van der Waals surface area contributed by atoms with Gasteiger partial charge in [0.15, 0.2) is 0 Å². The molecule has 4 aromatic carbocycles. The number of hydrogen-bond donors (Lipinski definition) is 0. The lowest BCUT2D eigenvalue weighted by Crippen LogP contribution is -2.35. The molecule has 0 fully saturated rings. The Hall–Kier alpha value is -4.08. The molecule has 4 aromatic rings. The number of benzene rings is 4. The van der Waals surface area contributed by atoms with Crippen molar-refractivity contribution in [2.75, 3.05) is 0 Å². The van der Waals surface area contributed by atoms with E-state index in [1.54, 1.807) is 0 Å². The second kappa shape index (κ2) is 17.9. The molecular weight excluding hydrogens is 532 g/mol. The standard InChI is InChI=1S/C42H48N2/c1-35(2)29-41(43(31-37-19-9-5-10-20-37)32-38-21-11-6-12-22-38)27-17-18-28-42(30-36(3)4)44(33-39-23-13-7-14-24-39)34-40-25-15-8-16-26-40/h5-16,19-26,35-36,41-42H,29-34H2,1-4H3. The highest BCUT2D eigenvalue weighted by atomic mass is 15.2. The molecule has 0 saturated carbocycles. The van der Waals surface area contributed by atoms with Gasteiger partial charge in [0.05, 0.1) is 12.1 Å². The summed E-state index contributed by atoms with van der Waals surface area (Å²) in [5.41, 5.74) is 5.22. The van der Waals surface area contributed by atoms with Crippen molar-refractivity contribution in [3.8, 4) is 23.7 Å². The van der Waals surface area contributed by atoms with Gasteiger partial charge in [0.1, 0.15) is 0 Å². The van der Waals surface area contributed by atoms with Gasteiger partial charge in [-0.25, -0.2) is 0 Å². The largest absolute Gasteiger partial charge is 0.281 e. The molecule has 0 spiro atoms. The number of rotatable bonds is 14. The van der Waals surface area contributed by atoms with E-state index in [0.29, 0.717) is 11.8 Å². The van der Waals surface area contributed by atoms with Gasteiger partial charge in [-0.05, 0) is 58.8 Å². The van der Waals surface area contributed by atoms with Crippen LogP contribution in [-0.2, 0) is 26.2 Å². The van der Waals surface area contributed by atoms with Crippen LogP contribution in [-0.4, -0.2) is 21.9 Å². The number of hydrogen-bond acceptors (Lipinski definition) is 2. The highest BCUT2D eigenvalue weighted by Crippen LogP contribution is 2.20. The molecule has 2 unspecified atom stereocenters. The van der Waals surface area contributed by atoms with Crippen LogP contribution in [0.2, 0.25) is 0 Å². The maximum absolute atomic E-state index is 3.62. The average molecular weight is 581 g/mol. The molecule has 0 aliphatic rings. The van der Waals surface area contributed by atoms with E-state index in [0.717, 1.165) is 39.0 Å². The van der Waals surface area contributed by atoms with Gasteiger partial charge in [-0.3, -0.25) is 9.80 Å². The van der Waals surface area contributed by atoms with Crippen LogP contribution in [0.3, 0.4) is 0 Å². The first-order valence-corrected chi connectivity index (χ1v) is 16.1. The van der Waals surface area contributed by atoms with Crippen molar-refractivity contribution < 1.29 is 0 Å². The first-order chi connectivity index (χ1) is 21.5. The summed E-state index contributed by atoms with van der Waals surface area (Å²) in [7, 11) is 0. The third kappa shape index (κ3) is 11.5. The van der Waals surface area contributed by atoms with Gasteiger partial charge in [0.2, 0.25) is 0 Å². The van der Waals surface area contributed by atoms with Crippen molar-refractivity contribution >= 4 is 0 Å². The summed E-state index contributed by atoms with van der Waals surface area (Å²) in [6.07, 6.45) is 2.00. The van der Waals surface area contributed by atoms with Gasteiger partial charge in [0, 0.05) is 26.2 Å². The molecule has 44 heavy (non-hydrogen) atoms. The fraction of sp³-hybridized carbons (Fsp3) is 0.333. The predicted molar refractivity (Wildman–Crippen MR) is 186 cm³/mol. The van der Waals surface area contributed by atoms with Crippen LogP contribution in [0, 0.1) is 35.5 Å². The van der Waals surface area contributed by atoms with Crippen LogP contribution in [0.15, 0.2) is 121 Å². The molecule has 0 aliphatic heterocycles. The van der Waals surface area contributed by atoms with Crippen molar-refractivity contribution in [1.82, 2.24) is 9.80 Å². The zero-order valence-electron chi connectivity index (χ0n) is 27.0. The lowest BCUT2D eigenvalue weighted by Gasteiger charge is -2.30. The Morgan fingerprint density at radius 3 is 0.886 bits per heavy atom. The molecule has 0 radical (unpaired) electrons. The van der Waals surface area contributed by atoms with Crippen LogP contribution in [0.5, 0.6) is 0 Å². The summed E-state index contributed by atoms with van der Waals surface area (Å²) in [6, 6.07) is 43.2. The molecule has 0 aromatic heterocycles. The highest BCUT2D eigenvalue weighted by Gasteiger charge is 2.20. The lowest BCUT2D eigenvalue weighted by atomic mass is 10.0. The van der Waals surface area contributed by atoms with Gasteiger partial charge >= 0.3 is 0 Å². The van der Waals surface area contributed by atoms with Crippen LogP contribution >= 0.6 is 0 Å². The Morgan fingerprint density at radius 2 is 0.659 bits per heavy atom. The van der Waals surface area contributed by atoms with Crippen LogP contribution in [0.25, 0.3) is 0 Å².